The van der Waals surface area contributed by atoms with E-state index in [0.717, 1.165) is 0 Å². The van der Waals surface area contributed by atoms with Crippen molar-refractivity contribution in [2.24, 2.45) is 5.73 Å². The number of hydrogen-bond donors (Lipinski definition) is 2. The molecule has 0 radical (unpaired) electrons. The molecule has 2 aromatic rings. The van der Waals surface area contributed by atoms with Gasteiger partial charge >= 0.3 is 0 Å². The number of aromatic nitrogens is 1. The van der Waals surface area contributed by atoms with Crippen LogP contribution < -0.4 is 10.6 Å². The molecule has 106 valence electrons. The minimum absolute atomic E-state index is 0.0291. The molecule has 1 aromatic carbocycles. The lowest BCUT2D eigenvalue weighted by atomic mass is 10.2. The predicted molar refractivity (Wildman–Crippen MR) is 72.2 cm³/mol. The highest BCUT2D eigenvalue weighted by Gasteiger charge is 2.15. The van der Waals surface area contributed by atoms with Crippen LogP contribution in [0.5, 0.6) is 0 Å². The Balaban J connectivity index is 2.27. The number of nitrogens with zero attached hydrogens (tertiary/aromatic N) is 1. The second kappa shape index (κ2) is 5.71. The maximum Gasteiger partial charge on any atom is 0.262 e. The Morgan fingerprint density at radius 2 is 2.10 bits per heavy atom. The minimum Gasteiger partial charge on any atom is -0.368 e. The number of pyridine rings is 1. The summed E-state index contributed by atoms with van der Waals surface area (Å²) in [7, 11) is -3.90. The van der Waals surface area contributed by atoms with Gasteiger partial charge in [0.1, 0.15) is 11.8 Å². The van der Waals surface area contributed by atoms with Crippen molar-refractivity contribution in [3.05, 3.63) is 35.5 Å². The lowest BCUT2D eigenvalue weighted by Crippen LogP contribution is -2.29. The molecule has 1 aromatic heterocycles. The largest absolute Gasteiger partial charge is 0.368 e. The zero-order valence-corrected chi connectivity index (χ0v) is 11.6. The van der Waals surface area contributed by atoms with Crippen LogP contribution in [0.15, 0.2) is 35.2 Å². The van der Waals surface area contributed by atoms with Gasteiger partial charge in [-0.25, -0.2) is 13.4 Å². The number of hydrogen-bond acceptors (Lipinski definition) is 5. The molecule has 0 aliphatic heterocycles. The van der Waals surface area contributed by atoms with Crippen molar-refractivity contribution < 1.29 is 18.0 Å². The van der Waals surface area contributed by atoms with E-state index in [1.807, 2.05) is 4.89 Å². The Bertz CT molecular complexity index is 763. The number of nitrogens with two attached hydrogens (primary N) is 1. The molecule has 20 heavy (non-hydrogen) atoms. The van der Waals surface area contributed by atoms with Crippen LogP contribution in [0.3, 0.4) is 0 Å². The molecule has 1 amide bonds. The van der Waals surface area contributed by atoms with Crippen molar-refractivity contribution in [1.82, 2.24) is 9.87 Å². The van der Waals surface area contributed by atoms with Crippen molar-refractivity contribution in [3.63, 3.8) is 0 Å². The molecule has 0 aliphatic carbocycles. The van der Waals surface area contributed by atoms with Crippen LogP contribution in [0.25, 0.3) is 10.9 Å². The van der Waals surface area contributed by atoms with E-state index in [1.165, 1.54) is 18.2 Å². The summed E-state index contributed by atoms with van der Waals surface area (Å²) in [6.07, 6.45) is 0. The Hall–Kier alpha value is -1.74. The van der Waals surface area contributed by atoms with Crippen LogP contribution in [0.2, 0.25) is 5.15 Å². The van der Waals surface area contributed by atoms with Gasteiger partial charge in [-0.3, -0.25) is 9.63 Å². The van der Waals surface area contributed by atoms with Crippen molar-refractivity contribution in [2.45, 2.75) is 4.90 Å². The van der Waals surface area contributed by atoms with Crippen LogP contribution in [-0.2, 0) is 19.7 Å². The molecule has 9 heteroatoms. The molecule has 0 saturated heterocycles. The molecule has 2 rings (SSSR count). The number of rotatable bonds is 5. The summed E-state index contributed by atoms with van der Waals surface area (Å²) in [5, 5.41) is 0.920. The molecule has 0 saturated carbocycles. The highest BCUT2D eigenvalue weighted by molar-refractivity contribution is 7.89. The maximum atomic E-state index is 11.9. The van der Waals surface area contributed by atoms with Gasteiger partial charge in [-0.2, -0.15) is 0 Å². The lowest BCUT2D eigenvalue weighted by Gasteiger charge is -2.07. The van der Waals surface area contributed by atoms with Crippen molar-refractivity contribution in [2.75, 3.05) is 6.61 Å². The van der Waals surface area contributed by atoms with E-state index in [4.69, 9.17) is 17.3 Å². The van der Waals surface area contributed by atoms with Gasteiger partial charge in [-0.1, -0.05) is 16.5 Å². The van der Waals surface area contributed by atoms with Crippen LogP contribution >= 0.6 is 11.6 Å². The standard InChI is InChI=1S/C11H10ClN3O4S/c12-10-4-1-7-5-8(2-3-9(7)14-10)20(17,18)15-19-6-11(13)16/h1-5,15H,6H2,(H2,13,16). The third-order valence-electron chi connectivity index (χ3n) is 2.32. The Labute approximate surface area is 119 Å². The van der Waals surface area contributed by atoms with Crippen molar-refractivity contribution in [3.8, 4) is 0 Å². The summed E-state index contributed by atoms with van der Waals surface area (Å²) in [4.78, 5) is 20.8. The fourth-order valence-electron chi connectivity index (χ4n) is 1.47. The normalized spacial score (nSPS) is 11.7. The van der Waals surface area contributed by atoms with Gasteiger partial charge in [-0.05, 0) is 30.3 Å². The summed E-state index contributed by atoms with van der Waals surface area (Å²) in [6, 6.07) is 7.48. The molecule has 1 heterocycles. The van der Waals surface area contributed by atoms with Gasteiger partial charge in [0.15, 0.2) is 0 Å². The molecule has 7 nitrogen and oxygen atoms in total. The van der Waals surface area contributed by atoms with Crippen molar-refractivity contribution >= 4 is 38.4 Å². The number of fused-ring (bicyclic) bond motifs is 1. The average molecular weight is 316 g/mol. The quantitative estimate of drug-likeness (QED) is 0.619. The van der Waals surface area contributed by atoms with Gasteiger partial charge in [0.2, 0.25) is 5.91 Å². The smallest absolute Gasteiger partial charge is 0.262 e. The van der Waals surface area contributed by atoms with Crippen molar-refractivity contribution in [1.29, 1.82) is 0 Å². The second-order valence-electron chi connectivity index (χ2n) is 3.83. The highest BCUT2D eigenvalue weighted by Crippen LogP contribution is 2.19. The second-order valence-corrected chi connectivity index (χ2v) is 5.86. The zero-order chi connectivity index (χ0) is 14.8. The van der Waals surface area contributed by atoms with E-state index < -0.39 is 22.5 Å². The number of carbonyl (C=O) groups is 1. The number of halogens is 1. The van der Waals surface area contributed by atoms with Gasteiger partial charge in [0, 0.05) is 5.39 Å². The van der Waals surface area contributed by atoms with Gasteiger partial charge in [-0.15, -0.1) is 0 Å². The first-order chi connectivity index (χ1) is 9.38. The van der Waals surface area contributed by atoms with E-state index in [1.54, 1.807) is 12.1 Å². The molecule has 0 unspecified atom stereocenters. The average Bonchev–Trinajstić information content (AvgIpc) is 2.37. The molecule has 3 N–H and O–H groups in total. The third kappa shape index (κ3) is 3.42. The molecule has 0 atom stereocenters. The van der Waals surface area contributed by atoms with E-state index in [0.29, 0.717) is 16.1 Å². The number of nitrogens with one attached hydrogen (secondary N) is 1. The summed E-state index contributed by atoms with van der Waals surface area (Å²) < 4.78 is 23.8. The van der Waals surface area contributed by atoms with E-state index in [9.17, 15) is 13.2 Å². The number of carbonyl (C=O) groups excluding carboxylic acids is 1. The van der Waals surface area contributed by atoms with Gasteiger partial charge in [0.25, 0.3) is 10.0 Å². The Kier molecular flexibility index (Phi) is 4.19. The fraction of sp³-hybridized carbons (Fsp3) is 0.0909. The van der Waals surface area contributed by atoms with Crippen LogP contribution in [-0.4, -0.2) is 25.9 Å². The molecule has 0 fully saturated rings. The predicted octanol–water partition coefficient (Wildman–Crippen LogP) is 0.583. The molecule has 0 bridgehead atoms. The topological polar surface area (TPSA) is 111 Å². The van der Waals surface area contributed by atoms with Crippen LogP contribution in [0.4, 0.5) is 0 Å². The SMILES string of the molecule is NC(=O)CONS(=O)(=O)c1ccc2nc(Cl)ccc2c1. The minimum atomic E-state index is -3.90. The first kappa shape index (κ1) is 14.7. The molecular formula is C11H10ClN3O4S. The van der Waals surface area contributed by atoms with Gasteiger partial charge in [0.05, 0.1) is 10.4 Å². The summed E-state index contributed by atoms with van der Waals surface area (Å²) in [5.41, 5.74) is 5.39. The summed E-state index contributed by atoms with van der Waals surface area (Å²) in [5.74, 6) is -0.787. The fourth-order valence-corrected chi connectivity index (χ4v) is 2.47. The monoisotopic (exact) mass is 315 g/mol. The van der Waals surface area contributed by atoms with E-state index in [-0.39, 0.29) is 4.90 Å². The highest BCUT2D eigenvalue weighted by atomic mass is 35.5. The van der Waals surface area contributed by atoms with E-state index >= 15 is 0 Å². The lowest BCUT2D eigenvalue weighted by molar-refractivity contribution is -0.123. The van der Waals surface area contributed by atoms with Crippen LogP contribution in [0.1, 0.15) is 0 Å². The Morgan fingerprint density at radius 1 is 1.35 bits per heavy atom. The molecule has 0 spiro atoms. The first-order valence-corrected chi connectivity index (χ1v) is 7.23. The van der Waals surface area contributed by atoms with E-state index in [2.05, 4.69) is 9.82 Å². The van der Waals surface area contributed by atoms with Gasteiger partial charge < -0.3 is 5.73 Å². The number of primary amides is 1. The Morgan fingerprint density at radius 3 is 2.80 bits per heavy atom. The molecular weight excluding hydrogens is 306 g/mol. The third-order valence-corrected chi connectivity index (χ3v) is 3.74. The maximum absolute atomic E-state index is 11.9. The summed E-state index contributed by atoms with van der Waals surface area (Å²) >= 11 is 5.74. The van der Waals surface area contributed by atoms with Crippen LogP contribution in [0, 0.1) is 0 Å². The number of amides is 1. The molecule has 0 aliphatic rings. The first-order valence-electron chi connectivity index (χ1n) is 5.37. The number of benzene rings is 1. The number of sulfonamides is 1. The zero-order valence-electron chi connectivity index (χ0n) is 10.0. The summed E-state index contributed by atoms with van der Waals surface area (Å²) in [6.45, 7) is -0.552.